The van der Waals surface area contributed by atoms with E-state index in [1.807, 2.05) is 42.2 Å². The van der Waals surface area contributed by atoms with Crippen LogP contribution in [0.25, 0.3) is 10.1 Å². The quantitative estimate of drug-likeness (QED) is 0.921. The molecule has 2 atom stereocenters. The van der Waals surface area contributed by atoms with Crippen molar-refractivity contribution in [2.45, 2.75) is 19.1 Å². The SMILES string of the molecule is CC(N)C1CN(C(=O)c2cc3ccccc3s2)CCO1. The van der Waals surface area contributed by atoms with Gasteiger partial charge in [-0.25, -0.2) is 0 Å². The van der Waals surface area contributed by atoms with E-state index in [0.717, 1.165) is 15.0 Å². The largest absolute Gasteiger partial charge is 0.373 e. The summed E-state index contributed by atoms with van der Waals surface area (Å²) in [5.41, 5.74) is 5.87. The van der Waals surface area contributed by atoms with Crippen LogP contribution in [-0.2, 0) is 4.74 Å². The summed E-state index contributed by atoms with van der Waals surface area (Å²) in [5.74, 6) is 0.0835. The molecule has 5 heteroatoms. The standard InChI is InChI=1S/C15H18N2O2S/c1-10(16)12-9-17(6-7-19-12)15(18)14-8-11-4-2-3-5-13(11)20-14/h2-5,8,10,12H,6-7,9,16H2,1H3. The predicted molar refractivity (Wildman–Crippen MR) is 81.1 cm³/mol. The van der Waals surface area contributed by atoms with E-state index in [1.165, 1.54) is 0 Å². The van der Waals surface area contributed by atoms with Gasteiger partial charge in [-0.15, -0.1) is 11.3 Å². The van der Waals surface area contributed by atoms with E-state index >= 15 is 0 Å². The Hall–Kier alpha value is -1.43. The minimum Gasteiger partial charge on any atom is -0.373 e. The monoisotopic (exact) mass is 290 g/mol. The number of thiophene rings is 1. The van der Waals surface area contributed by atoms with Crippen molar-refractivity contribution in [2.75, 3.05) is 19.7 Å². The van der Waals surface area contributed by atoms with Gasteiger partial charge in [-0.3, -0.25) is 4.79 Å². The molecule has 1 aromatic carbocycles. The molecule has 1 aliphatic rings. The minimum atomic E-state index is -0.0675. The molecule has 0 aliphatic carbocycles. The maximum Gasteiger partial charge on any atom is 0.264 e. The second-order valence-electron chi connectivity index (χ2n) is 5.17. The number of fused-ring (bicyclic) bond motifs is 1. The van der Waals surface area contributed by atoms with Gasteiger partial charge in [0.15, 0.2) is 0 Å². The van der Waals surface area contributed by atoms with E-state index in [2.05, 4.69) is 0 Å². The Labute approximate surface area is 122 Å². The molecular formula is C15H18N2O2S. The highest BCUT2D eigenvalue weighted by molar-refractivity contribution is 7.20. The van der Waals surface area contributed by atoms with Gasteiger partial charge in [0, 0.05) is 23.8 Å². The van der Waals surface area contributed by atoms with Crippen LogP contribution in [0.15, 0.2) is 30.3 Å². The maximum atomic E-state index is 12.6. The summed E-state index contributed by atoms with van der Waals surface area (Å²) in [7, 11) is 0. The Bertz CT molecular complexity index is 590. The lowest BCUT2D eigenvalue weighted by atomic mass is 10.1. The minimum absolute atomic E-state index is 0.0620. The zero-order valence-electron chi connectivity index (χ0n) is 11.4. The number of amides is 1. The molecular weight excluding hydrogens is 272 g/mol. The number of rotatable bonds is 2. The number of carbonyl (C=O) groups is 1. The fourth-order valence-corrected chi connectivity index (χ4v) is 3.45. The third kappa shape index (κ3) is 2.57. The molecule has 2 N–H and O–H groups in total. The molecule has 2 heterocycles. The van der Waals surface area contributed by atoms with Gasteiger partial charge in [0.2, 0.25) is 0 Å². The van der Waals surface area contributed by atoms with Crippen molar-refractivity contribution in [1.82, 2.24) is 4.90 Å². The van der Waals surface area contributed by atoms with Crippen molar-refractivity contribution in [3.05, 3.63) is 35.2 Å². The fourth-order valence-electron chi connectivity index (χ4n) is 2.42. The third-order valence-electron chi connectivity index (χ3n) is 3.60. The van der Waals surface area contributed by atoms with Gasteiger partial charge in [0.1, 0.15) is 0 Å². The molecule has 0 saturated carbocycles. The molecule has 2 aromatic rings. The first kappa shape index (κ1) is 13.5. The van der Waals surface area contributed by atoms with Crippen LogP contribution in [0.5, 0.6) is 0 Å². The van der Waals surface area contributed by atoms with Crippen molar-refractivity contribution in [2.24, 2.45) is 5.73 Å². The Balaban J connectivity index is 1.81. The number of nitrogens with two attached hydrogens (primary N) is 1. The Kier molecular flexibility index (Phi) is 3.74. The summed E-state index contributed by atoms with van der Waals surface area (Å²) < 4.78 is 6.75. The fraction of sp³-hybridized carbons (Fsp3) is 0.400. The third-order valence-corrected chi connectivity index (χ3v) is 4.71. The predicted octanol–water partition coefficient (Wildman–Crippen LogP) is 2.09. The molecule has 0 spiro atoms. The summed E-state index contributed by atoms with van der Waals surface area (Å²) in [6.45, 7) is 3.68. The molecule has 1 fully saturated rings. The zero-order chi connectivity index (χ0) is 14.1. The highest BCUT2D eigenvalue weighted by Gasteiger charge is 2.27. The van der Waals surface area contributed by atoms with E-state index in [0.29, 0.717) is 19.7 Å². The zero-order valence-corrected chi connectivity index (χ0v) is 12.2. The van der Waals surface area contributed by atoms with Crippen LogP contribution in [0.2, 0.25) is 0 Å². The summed E-state index contributed by atoms with van der Waals surface area (Å²) in [4.78, 5) is 15.2. The summed E-state index contributed by atoms with van der Waals surface area (Å²) >= 11 is 1.55. The van der Waals surface area contributed by atoms with E-state index in [9.17, 15) is 4.79 Å². The topological polar surface area (TPSA) is 55.6 Å². The average Bonchev–Trinajstić information content (AvgIpc) is 2.90. The number of hydrogen-bond acceptors (Lipinski definition) is 4. The molecule has 0 bridgehead atoms. The molecule has 1 aromatic heterocycles. The summed E-state index contributed by atoms with van der Waals surface area (Å²) in [6.07, 6.45) is -0.0675. The van der Waals surface area contributed by atoms with Crippen molar-refractivity contribution >= 4 is 27.3 Å². The van der Waals surface area contributed by atoms with Crippen LogP contribution in [0.1, 0.15) is 16.6 Å². The number of benzene rings is 1. The van der Waals surface area contributed by atoms with Gasteiger partial charge in [0.25, 0.3) is 5.91 Å². The van der Waals surface area contributed by atoms with E-state index in [-0.39, 0.29) is 18.1 Å². The smallest absolute Gasteiger partial charge is 0.264 e. The normalized spacial score (nSPS) is 21.1. The lowest BCUT2D eigenvalue weighted by Gasteiger charge is -2.34. The summed E-state index contributed by atoms with van der Waals surface area (Å²) in [6, 6.07) is 9.97. The van der Waals surface area contributed by atoms with Crippen LogP contribution < -0.4 is 5.73 Å². The van der Waals surface area contributed by atoms with E-state index < -0.39 is 0 Å². The van der Waals surface area contributed by atoms with Gasteiger partial charge < -0.3 is 15.4 Å². The van der Waals surface area contributed by atoms with Crippen molar-refractivity contribution in [3.8, 4) is 0 Å². The second-order valence-corrected chi connectivity index (χ2v) is 6.25. The van der Waals surface area contributed by atoms with Crippen LogP contribution in [0.4, 0.5) is 0 Å². The van der Waals surface area contributed by atoms with E-state index in [1.54, 1.807) is 11.3 Å². The van der Waals surface area contributed by atoms with Gasteiger partial charge in [-0.1, -0.05) is 18.2 Å². The molecule has 2 unspecified atom stereocenters. The van der Waals surface area contributed by atoms with Crippen LogP contribution >= 0.6 is 11.3 Å². The maximum absolute atomic E-state index is 12.6. The first-order valence-corrected chi connectivity index (χ1v) is 7.62. The van der Waals surface area contributed by atoms with Gasteiger partial charge in [0.05, 0.1) is 17.6 Å². The molecule has 4 nitrogen and oxygen atoms in total. The second kappa shape index (κ2) is 5.52. The first-order chi connectivity index (χ1) is 9.65. The highest BCUT2D eigenvalue weighted by atomic mass is 32.1. The van der Waals surface area contributed by atoms with Crippen molar-refractivity contribution in [3.63, 3.8) is 0 Å². The van der Waals surface area contributed by atoms with Crippen LogP contribution in [0.3, 0.4) is 0 Å². The number of morpholine rings is 1. The van der Waals surface area contributed by atoms with Crippen LogP contribution in [0, 0.1) is 0 Å². The lowest BCUT2D eigenvalue weighted by Crippen LogP contribution is -2.51. The molecule has 3 rings (SSSR count). The molecule has 20 heavy (non-hydrogen) atoms. The lowest BCUT2D eigenvalue weighted by molar-refractivity contribution is -0.0298. The first-order valence-electron chi connectivity index (χ1n) is 6.80. The van der Waals surface area contributed by atoms with Crippen molar-refractivity contribution < 1.29 is 9.53 Å². The van der Waals surface area contributed by atoms with E-state index in [4.69, 9.17) is 10.5 Å². The van der Waals surface area contributed by atoms with Gasteiger partial charge in [-0.2, -0.15) is 0 Å². The van der Waals surface area contributed by atoms with Crippen molar-refractivity contribution in [1.29, 1.82) is 0 Å². The molecule has 0 radical (unpaired) electrons. The number of hydrogen-bond donors (Lipinski definition) is 1. The van der Waals surface area contributed by atoms with Gasteiger partial charge >= 0.3 is 0 Å². The van der Waals surface area contributed by atoms with Crippen LogP contribution in [-0.4, -0.2) is 42.6 Å². The molecule has 1 aliphatic heterocycles. The average molecular weight is 290 g/mol. The molecule has 106 valence electrons. The Morgan fingerprint density at radius 3 is 3.05 bits per heavy atom. The summed E-state index contributed by atoms with van der Waals surface area (Å²) in [5, 5.41) is 1.12. The molecule has 1 amide bonds. The highest BCUT2D eigenvalue weighted by Crippen LogP contribution is 2.26. The van der Waals surface area contributed by atoms with Gasteiger partial charge in [-0.05, 0) is 24.4 Å². The Morgan fingerprint density at radius 1 is 1.50 bits per heavy atom. The number of nitrogens with zero attached hydrogens (tertiary/aromatic N) is 1. The number of ether oxygens (including phenoxy) is 1. The molecule has 1 saturated heterocycles. The Morgan fingerprint density at radius 2 is 2.30 bits per heavy atom. The number of carbonyl (C=O) groups excluding carboxylic acids is 1.